The van der Waals surface area contributed by atoms with Gasteiger partial charge in [0.05, 0.1) is 16.0 Å². The molecule has 0 fully saturated rings. The number of rotatable bonds is 4. The fraction of sp³-hybridized carbons (Fsp3) is 0.353. The van der Waals surface area contributed by atoms with Crippen molar-refractivity contribution in [1.82, 2.24) is 0 Å². The van der Waals surface area contributed by atoms with Crippen LogP contribution >= 0.6 is 11.3 Å². The third-order valence-corrected chi connectivity index (χ3v) is 7.10. The van der Waals surface area contributed by atoms with Crippen molar-refractivity contribution < 1.29 is 26.4 Å². The van der Waals surface area contributed by atoms with Crippen molar-refractivity contribution in [1.29, 1.82) is 0 Å². The summed E-state index contributed by atoms with van der Waals surface area (Å²) in [4.78, 5) is 12.2. The van der Waals surface area contributed by atoms with Gasteiger partial charge in [-0.15, -0.1) is 11.3 Å². The second-order valence-electron chi connectivity index (χ2n) is 6.55. The van der Waals surface area contributed by atoms with Crippen LogP contribution in [0.5, 0.6) is 0 Å². The Morgan fingerprint density at radius 1 is 1.33 bits per heavy atom. The lowest BCUT2D eigenvalue weighted by molar-refractivity contribution is -0.137. The first-order valence-electron chi connectivity index (χ1n) is 8.13. The Morgan fingerprint density at radius 3 is 2.67 bits per heavy atom. The highest BCUT2D eigenvalue weighted by molar-refractivity contribution is 7.93. The number of thiophene rings is 1. The molecular formula is C17H17F3N2O3S2. The monoisotopic (exact) mass is 418 g/mol. The van der Waals surface area contributed by atoms with E-state index in [-0.39, 0.29) is 10.6 Å². The van der Waals surface area contributed by atoms with Crippen molar-refractivity contribution in [2.75, 3.05) is 4.72 Å². The molecule has 10 heteroatoms. The number of nitrogens with two attached hydrogens (primary N) is 1. The van der Waals surface area contributed by atoms with Crippen LogP contribution in [0.15, 0.2) is 29.2 Å². The smallest absolute Gasteiger partial charge is 0.365 e. The Labute approximate surface area is 158 Å². The summed E-state index contributed by atoms with van der Waals surface area (Å²) in [5.41, 5.74) is 5.21. The van der Waals surface area contributed by atoms with E-state index in [1.165, 1.54) is 0 Å². The number of hydrogen-bond donors (Lipinski definition) is 2. The zero-order chi connectivity index (χ0) is 20.0. The van der Waals surface area contributed by atoms with Crippen LogP contribution in [0, 0.1) is 5.92 Å². The molecule has 1 aliphatic carbocycles. The summed E-state index contributed by atoms with van der Waals surface area (Å²) in [5.74, 6) is -0.367. The minimum atomic E-state index is -4.66. The van der Waals surface area contributed by atoms with Crippen molar-refractivity contribution in [3.63, 3.8) is 0 Å². The van der Waals surface area contributed by atoms with Gasteiger partial charge >= 0.3 is 6.18 Å². The van der Waals surface area contributed by atoms with Crippen LogP contribution in [0.4, 0.5) is 18.2 Å². The Balaban J connectivity index is 2.01. The fourth-order valence-corrected chi connectivity index (χ4v) is 5.87. The summed E-state index contributed by atoms with van der Waals surface area (Å²) >= 11 is 1.11. The Kier molecular flexibility index (Phi) is 4.98. The molecule has 0 spiro atoms. The molecule has 2 aromatic rings. The molecule has 0 bridgehead atoms. The molecule has 0 saturated carbocycles. The first-order valence-corrected chi connectivity index (χ1v) is 10.4. The summed E-state index contributed by atoms with van der Waals surface area (Å²) in [7, 11) is -4.31. The molecular weight excluding hydrogens is 401 g/mol. The van der Waals surface area contributed by atoms with Gasteiger partial charge < -0.3 is 5.73 Å². The van der Waals surface area contributed by atoms with Crippen molar-refractivity contribution in [3.8, 4) is 0 Å². The maximum absolute atomic E-state index is 12.9. The zero-order valence-corrected chi connectivity index (χ0v) is 15.9. The Hall–Kier alpha value is -2.07. The van der Waals surface area contributed by atoms with Crippen LogP contribution in [0.2, 0.25) is 0 Å². The van der Waals surface area contributed by atoms with E-state index in [0.717, 1.165) is 46.4 Å². The van der Waals surface area contributed by atoms with E-state index < -0.39 is 32.6 Å². The predicted octanol–water partition coefficient (Wildman–Crippen LogP) is 3.79. The number of nitrogens with one attached hydrogen (secondary N) is 1. The van der Waals surface area contributed by atoms with Gasteiger partial charge in [0.2, 0.25) is 0 Å². The maximum Gasteiger partial charge on any atom is 0.416 e. The highest BCUT2D eigenvalue weighted by Crippen LogP contribution is 2.40. The van der Waals surface area contributed by atoms with E-state index in [9.17, 15) is 26.4 Å². The van der Waals surface area contributed by atoms with Gasteiger partial charge in [-0.3, -0.25) is 9.52 Å². The van der Waals surface area contributed by atoms with Crippen LogP contribution in [0.1, 0.15) is 39.7 Å². The number of sulfonamides is 1. The van der Waals surface area contributed by atoms with Gasteiger partial charge in [-0.05, 0) is 48.9 Å². The number of amides is 1. The van der Waals surface area contributed by atoms with Gasteiger partial charge in [-0.1, -0.05) is 13.0 Å². The molecule has 27 heavy (non-hydrogen) atoms. The molecule has 0 aliphatic heterocycles. The number of carbonyl (C=O) groups excluding carboxylic acids is 1. The largest absolute Gasteiger partial charge is 0.416 e. The number of anilines is 1. The van der Waals surface area contributed by atoms with E-state index >= 15 is 0 Å². The Bertz CT molecular complexity index is 997. The number of halogens is 3. The summed E-state index contributed by atoms with van der Waals surface area (Å²) in [6.07, 6.45) is -2.51. The van der Waals surface area contributed by atoms with Crippen LogP contribution in [0.3, 0.4) is 0 Å². The van der Waals surface area contributed by atoms with Gasteiger partial charge in [0.25, 0.3) is 15.9 Å². The molecule has 3 N–H and O–H groups in total. The maximum atomic E-state index is 12.9. The fourth-order valence-electron chi connectivity index (χ4n) is 3.10. The van der Waals surface area contributed by atoms with Crippen molar-refractivity contribution in [3.05, 3.63) is 45.8 Å². The standard InChI is InChI=1S/C17H17F3N2O3S2/c1-9-5-6-12-13(7-9)26-16(14(12)15(21)23)22-27(24,25)11-4-2-3-10(8-11)17(18,19)20/h2-4,8-9,22H,5-7H2,1H3,(H2,21,23)/t9-/m0/s1. The topological polar surface area (TPSA) is 89.3 Å². The third kappa shape index (κ3) is 3.96. The number of primary amides is 1. The SMILES string of the molecule is C[C@H]1CCc2c(sc(NS(=O)(=O)c3cccc(C(F)(F)F)c3)c2C(N)=O)C1. The van der Waals surface area contributed by atoms with Gasteiger partial charge in [0.1, 0.15) is 5.00 Å². The number of carbonyl (C=O) groups is 1. The zero-order valence-electron chi connectivity index (χ0n) is 14.3. The van der Waals surface area contributed by atoms with Gasteiger partial charge in [0, 0.05) is 4.88 Å². The van der Waals surface area contributed by atoms with Crippen LogP contribution in [-0.2, 0) is 29.0 Å². The predicted molar refractivity (Wildman–Crippen MR) is 96.3 cm³/mol. The lowest BCUT2D eigenvalue weighted by atomic mass is 9.88. The van der Waals surface area contributed by atoms with E-state index in [0.29, 0.717) is 24.8 Å². The second kappa shape index (κ2) is 6.83. The number of alkyl halides is 3. The molecule has 0 radical (unpaired) electrons. The summed E-state index contributed by atoms with van der Waals surface area (Å²) in [5, 5.41) is 0.0546. The average Bonchev–Trinajstić information content (AvgIpc) is 2.90. The summed E-state index contributed by atoms with van der Waals surface area (Å²) in [6, 6.07) is 3.44. The van der Waals surface area contributed by atoms with Crippen molar-refractivity contribution in [2.45, 2.75) is 37.3 Å². The molecule has 0 saturated heterocycles. The first-order chi connectivity index (χ1) is 12.5. The second-order valence-corrected chi connectivity index (χ2v) is 9.34. The Morgan fingerprint density at radius 2 is 2.04 bits per heavy atom. The molecule has 1 heterocycles. The first kappa shape index (κ1) is 19.7. The molecule has 3 rings (SSSR count). The highest BCUT2D eigenvalue weighted by atomic mass is 32.2. The molecule has 1 amide bonds. The highest BCUT2D eigenvalue weighted by Gasteiger charge is 2.33. The molecule has 1 atom stereocenters. The quantitative estimate of drug-likeness (QED) is 0.792. The molecule has 0 unspecified atom stereocenters. The molecule has 1 aromatic carbocycles. The van der Waals surface area contributed by atoms with E-state index in [4.69, 9.17) is 5.73 Å². The van der Waals surface area contributed by atoms with E-state index in [1.54, 1.807) is 0 Å². The van der Waals surface area contributed by atoms with Gasteiger partial charge in [0.15, 0.2) is 0 Å². The number of benzene rings is 1. The van der Waals surface area contributed by atoms with Gasteiger partial charge in [-0.25, -0.2) is 8.42 Å². The lowest BCUT2D eigenvalue weighted by Crippen LogP contribution is -2.20. The van der Waals surface area contributed by atoms with Crippen LogP contribution in [-0.4, -0.2) is 14.3 Å². The molecule has 1 aromatic heterocycles. The van der Waals surface area contributed by atoms with E-state index in [2.05, 4.69) is 11.6 Å². The third-order valence-electron chi connectivity index (χ3n) is 4.46. The summed E-state index contributed by atoms with van der Waals surface area (Å²) in [6.45, 7) is 2.05. The average molecular weight is 418 g/mol. The van der Waals surface area contributed by atoms with Crippen molar-refractivity contribution >= 4 is 32.3 Å². The van der Waals surface area contributed by atoms with Gasteiger partial charge in [-0.2, -0.15) is 13.2 Å². The normalized spacial score (nSPS) is 17.4. The minimum Gasteiger partial charge on any atom is -0.365 e. The van der Waals surface area contributed by atoms with E-state index in [1.807, 2.05) is 0 Å². The number of hydrogen-bond acceptors (Lipinski definition) is 4. The van der Waals surface area contributed by atoms with Crippen molar-refractivity contribution in [2.24, 2.45) is 11.7 Å². The number of fused-ring (bicyclic) bond motifs is 1. The van der Waals surface area contributed by atoms with Crippen LogP contribution < -0.4 is 10.5 Å². The minimum absolute atomic E-state index is 0.0546. The summed E-state index contributed by atoms with van der Waals surface area (Å²) < 4.78 is 66.1. The molecule has 5 nitrogen and oxygen atoms in total. The molecule has 1 aliphatic rings. The van der Waals surface area contributed by atoms with Crippen LogP contribution in [0.25, 0.3) is 0 Å². The lowest BCUT2D eigenvalue weighted by Gasteiger charge is -2.18. The molecule has 146 valence electrons.